The van der Waals surface area contributed by atoms with Crippen LogP contribution < -0.4 is 0 Å². The van der Waals surface area contributed by atoms with E-state index in [0.717, 1.165) is 0 Å². The highest BCUT2D eigenvalue weighted by atomic mass is 31.0. The lowest BCUT2D eigenvalue weighted by Gasteiger charge is -2.05. The predicted molar refractivity (Wildman–Crippen MR) is 40.8 cm³/mol. The third kappa shape index (κ3) is 1.20. The van der Waals surface area contributed by atoms with Crippen LogP contribution in [0.15, 0.2) is 23.0 Å². The summed E-state index contributed by atoms with van der Waals surface area (Å²) >= 11 is 0. The second kappa shape index (κ2) is 2.46. The molecule has 0 spiro atoms. The molecule has 0 heterocycles. The third-order valence-electron chi connectivity index (χ3n) is 1.48. The molecule has 1 rings (SSSR count). The van der Waals surface area contributed by atoms with Gasteiger partial charge < -0.3 is 0 Å². The van der Waals surface area contributed by atoms with Crippen LogP contribution >= 0.6 is 9.24 Å². The molecular formula is C7H11P. The molecule has 0 aromatic heterocycles. The van der Waals surface area contributed by atoms with Gasteiger partial charge in [0.15, 0.2) is 0 Å². The number of hydrogen-bond donors (Lipinski definition) is 0. The van der Waals surface area contributed by atoms with E-state index >= 15 is 0 Å². The lowest BCUT2D eigenvalue weighted by atomic mass is 10.1. The van der Waals surface area contributed by atoms with Crippen molar-refractivity contribution in [3.8, 4) is 0 Å². The van der Waals surface area contributed by atoms with E-state index in [-0.39, 0.29) is 0 Å². The minimum absolute atomic E-state index is 1.23. The van der Waals surface area contributed by atoms with Gasteiger partial charge in [0, 0.05) is 0 Å². The van der Waals surface area contributed by atoms with Crippen LogP contribution in [0.25, 0.3) is 0 Å². The van der Waals surface area contributed by atoms with Gasteiger partial charge in [-0.1, -0.05) is 17.7 Å². The highest BCUT2D eigenvalue weighted by Crippen LogP contribution is 2.22. The van der Waals surface area contributed by atoms with Gasteiger partial charge in [0.25, 0.3) is 0 Å². The normalized spacial score (nSPS) is 19.8. The Bertz CT molecular complexity index is 142. The molecule has 1 aliphatic carbocycles. The van der Waals surface area contributed by atoms with Gasteiger partial charge in [0.2, 0.25) is 0 Å². The molecule has 0 saturated heterocycles. The molecule has 0 aromatic rings. The Morgan fingerprint density at radius 3 is 2.75 bits per heavy atom. The highest BCUT2D eigenvalue weighted by molar-refractivity contribution is 7.23. The summed E-state index contributed by atoms with van der Waals surface area (Å²) in [5.41, 5.74) is 1.51. The topological polar surface area (TPSA) is 0 Å². The molecule has 1 aliphatic rings. The Balaban J connectivity index is 2.76. The van der Waals surface area contributed by atoms with E-state index in [9.17, 15) is 0 Å². The van der Waals surface area contributed by atoms with E-state index in [0.29, 0.717) is 0 Å². The summed E-state index contributed by atoms with van der Waals surface area (Å²) in [6.45, 7) is 2.19. The maximum Gasteiger partial charge on any atom is -0.0279 e. The van der Waals surface area contributed by atoms with Crippen molar-refractivity contribution in [1.82, 2.24) is 0 Å². The van der Waals surface area contributed by atoms with Crippen molar-refractivity contribution in [2.24, 2.45) is 0 Å². The fourth-order valence-electron chi connectivity index (χ4n) is 0.797. The Kier molecular flexibility index (Phi) is 1.85. The number of rotatable bonds is 0. The Labute approximate surface area is 52.9 Å². The molecule has 0 aromatic carbocycles. The second-order valence-electron chi connectivity index (χ2n) is 2.18. The SMILES string of the molecule is CC1=C(P)C=CCC1. The molecule has 0 saturated carbocycles. The Morgan fingerprint density at radius 1 is 1.62 bits per heavy atom. The molecule has 0 nitrogen and oxygen atoms in total. The van der Waals surface area contributed by atoms with Crippen molar-refractivity contribution in [3.63, 3.8) is 0 Å². The molecule has 0 bridgehead atoms. The molecule has 44 valence electrons. The fraction of sp³-hybridized carbons (Fsp3) is 0.429. The van der Waals surface area contributed by atoms with Crippen LogP contribution in [-0.2, 0) is 0 Å². The van der Waals surface area contributed by atoms with E-state index in [2.05, 4.69) is 28.3 Å². The van der Waals surface area contributed by atoms with Gasteiger partial charge in [-0.2, -0.15) is 0 Å². The van der Waals surface area contributed by atoms with Gasteiger partial charge in [0.05, 0.1) is 0 Å². The molecule has 0 aliphatic heterocycles. The Morgan fingerprint density at radius 2 is 2.38 bits per heavy atom. The Hall–Kier alpha value is -0.0900. The standard InChI is InChI=1S/C7H11P/c1-6-4-2-3-5-7(6)8/h3,5H,2,4,8H2,1H3. The molecule has 0 fully saturated rings. The van der Waals surface area contributed by atoms with Crippen molar-refractivity contribution in [2.45, 2.75) is 19.8 Å². The summed E-state index contributed by atoms with van der Waals surface area (Å²) in [5, 5.41) is 1.37. The summed E-state index contributed by atoms with van der Waals surface area (Å²) in [6, 6.07) is 0. The molecule has 1 heteroatoms. The van der Waals surface area contributed by atoms with Gasteiger partial charge in [0.1, 0.15) is 0 Å². The smallest absolute Gasteiger partial charge is 0.0279 e. The van der Waals surface area contributed by atoms with Gasteiger partial charge in [-0.05, 0) is 25.1 Å². The number of hydrogen-bond acceptors (Lipinski definition) is 0. The maximum atomic E-state index is 2.74. The van der Waals surface area contributed by atoms with Gasteiger partial charge in [-0.3, -0.25) is 0 Å². The van der Waals surface area contributed by atoms with Gasteiger partial charge >= 0.3 is 0 Å². The highest BCUT2D eigenvalue weighted by Gasteiger charge is 1.96. The van der Waals surface area contributed by atoms with Crippen LogP contribution in [0.1, 0.15) is 19.8 Å². The fourth-order valence-corrected chi connectivity index (χ4v) is 1.08. The maximum absolute atomic E-state index is 2.74. The first-order chi connectivity index (χ1) is 3.80. The van der Waals surface area contributed by atoms with Crippen LogP contribution in [0.3, 0.4) is 0 Å². The van der Waals surface area contributed by atoms with Crippen LogP contribution in [0.4, 0.5) is 0 Å². The zero-order chi connectivity index (χ0) is 5.98. The molecule has 1 atom stereocenters. The molecule has 0 radical (unpaired) electrons. The summed E-state index contributed by atoms with van der Waals surface area (Å²) < 4.78 is 0. The van der Waals surface area contributed by atoms with Crippen molar-refractivity contribution in [1.29, 1.82) is 0 Å². The van der Waals surface area contributed by atoms with Gasteiger partial charge in [-0.25, -0.2) is 0 Å². The van der Waals surface area contributed by atoms with E-state index in [1.807, 2.05) is 0 Å². The van der Waals surface area contributed by atoms with Crippen LogP contribution in [0.2, 0.25) is 0 Å². The molecule has 1 unspecified atom stereocenters. The van der Waals surface area contributed by atoms with Crippen molar-refractivity contribution < 1.29 is 0 Å². The predicted octanol–water partition coefficient (Wildman–Crippen LogP) is 2.49. The van der Waals surface area contributed by atoms with Crippen LogP contribution in [-0.4, -0.2) is 0 Å². The molecule has 8 heavy (non-hydrogen) atoms. The van der Waals surface area contributed by atoms with E-state index in [1.54, 1.807) is 0 Å². The molecule has 0 N–H and O–H groups in total. The minimum atomic E-state index is 1.23. The lowest BCUT2D eigenvalue weighted by Crippen LogP contribution is -1.83. The first-order valence-corrected chi connectivity index (χ1v) is 3.50. The zero-order valence-electron chi connectivity index (χ0n) is 5.15. The minimum Gasteiger partial charge on any atom is -0.106 e. The van der Waals surface area contributed by atoms with Crippen LogP contribution in [0.5, 0.6) is 0 Å². The monoisotopic (exact) mass is 126 g/mol. The average molecular weight is 126 g/mol. The molecule has 0 amide bonds. The summed E-state index contributed by atoms with van der Waals surface area (Å²) in [4.78, 5) is 0. The van der Waals surface area contributed by atoms with E-state index in [1.165, 1.54) is 23.7 Å². The summed E-state index contributed by atoms with van der Waals surface area (Å²) in [5.74, 6) is 0. The van der Waals surface area contributed by atoms with E-state index in [4.69, 9.17) is 0 Å². The lowest BCUT2D eigenvalue weighted by molar-refractivity contribution is 0.957. The zero-order valence-corrected chi connectivity index (χ0v) is 6.30. The quantitative estimate of drug-likeness (QED) is 0.437. The van der Waals surface area contributed by atoms with E-state index < -0.39 is 0 Å². The van der Waals surface area contributed by atoms with Crippen molar-refractivity contribution in [3.05, 3.63) is 23.0 Å². The first kappa shape index (κ1) is 6.04. The second-order valence-corrected chi connectivity index (χ2v) is 2.80. The van der Waals surface area contributed by atoms with Gasteiger partial charge in [-0.15, -0.1) is 9.24 Å². The summed E-state index contributed by atoms with van der Waals surface area (Å²) in [6.07, 6.45) is 6.86. The third-order valence-corrected chi connectivity index (χ3v) is 2.16. The van der Waals surface area contributed by atoms with Crippen LogP contribution in [0, 0.1) is 0 Å². The van der Waals surface area contributed by atoms with Crippen molar-refractivity contribution >= 4 is 9.24 Å². The average Bonchev–Trinajstić information content (AvgIpc) is 1.77. The largest absolute Gasteiger partial charge is 0.106 e. The first-order valence-electron chi connectivity index (χ1n) is 2.92. The number of allylic oxidation sites excluding steroid dienone is 4. The molecular weight excluding hydrogens is 115 g/mol. The van der Waals surface area contributed by atoms with Crippen molar-refractivity contribution in [2.75, 3.05) is 0 Å². The summed E-state index contributed by atoms with van der Waals surface area (Å²) in [7, 11) is 2.74.